The molecule has 0 saturated heterocycles. The summed E-state index contributed by atoms with van der Waals surface area (Å²) in [5.74, 6) is 0.716. The Bertz CT molecular complexity index is 931. The number of hydrogen-bond acceptors (Lipinski definition) is 5. The van der Waals surface area contributed by atoms with Gasteiger partial charge in [0.2, 0.25) is 0 Å². The van der Waals surface area contributed by atoms with Gasteiger partial charge in [0, 0.05) is 16.7 Å². The number of nitrogens with zero attached hydrogens (tertiary/aromatic N) is 2. The first kappa shape index (κ1) is 14.8. The van der Waals surface area contributed by atoms with Crippen LogP contribution in [0.1, 0.15) is 5.69 Å². The number of fused-ring (bicyclic) bond motifs is 1. The lowest BCUT2D eigenvalue weighted by molar-refractivity contribution is 0.489. The maximum Gasteiger partial charge on any atom is 0.257 e. The lowest BCUT2D eigenvalue weighted by Gasteiger charge is -1.98. The Kier molecular flexibility index (Phi) is 4.08. The van der Waals surface area contributed by atoms with Crippen molar-refractivity contribution in [2.24, 2.45) is 0 Å². The average molecular weight is 359 g/mol. The Morgan fingerprint density at radius 1 is 1.04 bits per heavy atom. The van der Waals surface area contributed by atoms with Crippen molar-refractivity contribution >= 4 is 45.8 Å². The predicted octanol–water partition coefficient (Wildman–Crippen LogP) is 5.90. The van der Waals surface area contributed by atoms with Crippen LogP contribution in [0.4, 0.5) is 0 Å². The third-order valence-electron chi connectivity index (χ3n) is 3.27. The van der Waals surface area contributed by atoms with Gasteiger partial charge in [0.05, 0.1) is 10.7 Å². The number of para-hydroxylation sites is 2. The first-order chi connectivity index (χ1) is 11.3. The zero-order valence-electron chi connectivity index (χ0n) is 11.9. The van der Waals surface area contributed by atoms with Gasteiger partial charge in [0.15, 0.2) is 5.58 Å². The molecule has 114 valence electrons. The maximum absolute atomic E-state index is 6.22. The third-order valence-corrected chi connectivity index (χ3v) is 5.39. The van der Waals surface area contributed by atoms with E-state index in [0.717, 1.165) is 32.4 Å². The number of thiazole rings is 1. The molecule has 4 aromatic rings. The summed E-state index contributed by atoms with van der Waals surface area (Å²) in [6, 6.07) is 15.5. The lowest BCUT2D eigenvalue weighted by atomic mass is 10.2. The molecule has 0 spiro atoms. The second kappa shape index (κ2) is 6.35. The molecule has 6 heteroatoms. The Labute approximate surface area is 146 Å². The van der Waals surface area contributed by atoms with Crippen LogP contribution in [0.5, 0.6) is 0 Å². The summed E-state index contributed by atoms with van der Waals surface area (Å²) in [5, 5.41) is 4.37. The van der Waals surface area contributed by atoms with Crippen LogP contribution in [0.25, 0.3) is 21.7 Å². The minimum Gasteiger partial charge on any atom is -0.431 e. The molecule has 0 bridgehead atoms. The molecule has 0 amide bonds. The molecule has 0 radical (unpaired) electrons. The molecule has 0 aliphatic carbocycles. The number of hydrogen-bond donors (Lipinski definition) is 0. The van der Waals surface area contributed by atoms with E-state index in [1.165, 1.54) is 0 Å². The molecule has 0 saturated carbocycles. The van der Waals surface area contributed by atoms with Gasteiger partial charge >= 0.3 is 0 Å². The van der Waals surface area contributed by atoms with Crippen LogP contribution in [0.2, 0.25) is 5.02 Å². The third kappa shape index (κ3) is 3.13. The topological polar surface area (TPSA) is 38.9 Å². The highest BCUT2D eigenvalue weighted by molar-refractivity contribution is 7.98. The van der Waals surface area contributed by atoms with E-state index >= 15 is 0 Å². The molecule has 2 aromatic carbocycles. The van der Waals surface area contributed by atoms with E-state index in [4.69, 9.17) is 16.0 Å². The highest BCUT2D eigenvalue weighted by atomic mass is 35.5. The minimum atomic E-state index is 0.665. The van der Waals surface area contributed by atoms with Crippen molar-refractivity contribution in [3.63, 3.8) is 0 Å². The van der Waals surface area contributed by atoms with Crippen molar-refractivity contribution in [1.29, 1.82) is 0 Å². The van der Waals surface area contributed by atoms with Crippen molar-refractivity contribution < 1.29 is 4.42 Å². The van der Waals surface area contributed by atoms with Gasteiger partial charge < -0.3 is 4.42 Å². The quantitative estimate of drug-likeness (QED) is 0.426. The first-order valence-electron chi connectivity index (χ1n) is 6.97. The summed E-state index contributed by atoms with van der Waals surface area (Å²) in [7, 11) is 0. The predicted molar refractivity (Wildman–Crippen MR) is 96.1 cm³/mol. The smallest absolute Gasteiger partial charge is 0.257 e. The second-order valence-corrected chi connectivity index (χ2v) is 7.05. The Balaban J connectivity index is 1.51. The number of benzene rings is 2. The number of aromatic nitrogens is 2. The minimum absolute atomic E-state index is 0.665. The maximum atomic E-state index is 6.22. The zero-order valence-corrected chi connectivity index (χ0v) is 14.3. The van der Waals surface area contributed by atoms with Crippen molar-refractivity contribution in [2.75, 3.05) is 0 Å². The highest BCUT2D eigenvalue weighted by Gasteiger charge is 2.10. The van der Waals surface area contributed by atoms with E-state index < -0.39 is 0 Å². The molecular weight excluding hydrogens is 348 g/mol. The standard InChI is InChI=1S/C17H11ClN2OS2/c18-13-6-2-1-5-12(13)16-19-11(9-22-16)10-23-17-20-14-7-3-4-8-15(14)21-17/h1-9H,10H2. The van der Waals surface area contributed by atoms with Gasteiger partial charge in [-0.05, 0) is 18.2 Å². The van der Waals surface area contributed by atoms with Gasteiger partial charge in [0.1, 0.15) is 10.5 Å². The molecule has 0 aliphatic rings. The van der Waals surface area contributed by atoms with Crippen LogP contribution in [0.15, 0.2) is 63.6 Å². The molecule has 0 fully saturated rings. The summed E-state index contributed by atoms with van der Waals surface area (Å²) < 4.78 is 5.71. The fourth-order valence-corrected chi connectivity index (χ4v) is 4.16. The van der Waals surface area contributed by atoms with Gasteiger partial charge in [-0.3, -0.25) is 0 Å². The molecule has 0 aliphatic heterocycles. The molecule has 2 aromatic heterocycles. The number of thioether (sulfide) groups is 1. The lowest BCUT2D eigenvalue weighted by Crippen LogP contribution is -1.82. The van der Waals surface area contributed by atoms with Gasteiger partial charge in [-0.15, -0.1) is 11.3 Å². The number of halogens is 1. The van der Waals surface area contributed by atoms with Gasteiger partial charge in [-0.25, -0.2) is 9.97 Å². The van der Waals surface area contributed by atoms with Crippen LogP contribution in [0, 0.1) is 0 Å². The van der Waals surface area contributed by atoms with Gasteiger partial charge in [0.25, 0.3) is 5.22 Å². The van der Waals surface area contributed by atoms with E-state index in [9.17, 15) is 0 Å². The molecule has 23 heavy (non-hydrogen) atoms. The molecule has 0 unspecified atom stereocenters. The molecule has 0 atom stereocenters. The second-order valence-electron chi connectivity index (χ2n) is 4.86. The van der Waals surface area contributed by atoms with E-state index in [2.05, 4.69) is 9.97 Å². The fourth-order valence-electron chi connectivity index (χ4n) is 2.18. The summed E-state index contributed by atoms with van der Waals surface area (Å²) >= 11 is 9.37. The first-order valence-corrected chi connectivity index (χ1v) is 9.21. The number of oxazole rings is 1. The summed E-state index contributed by atoms with van der Waals surface area (Å²) in [5.41, 5.74) is 3.66. The molecule has 2 heterocycles. The Morgan fingerprint density at radius 2 is 1.87 bits per heavy atom. The molecule has 0 N–H and O–H groups in total. The van der Waals surface area contributed by atoms with Crippen LogP contribution in [-0.4, -0.2) is 9.97 Å². The summed E-state index contributed by atoms with van der Waals surface area (Å²) in [6.07, 6.45) is 0. The Morgan fingerprint density at radius 3 is 2.74 bits per heavy atom. The SMILES string of the molecule is Clc1ccccc1-c1nc(CSc2nc3ccccc3o2)cs1. The van der Waals surface area contributed by atoms with Gasteiger partial charge in [-0.1, -0.05) is 53.7 Å². The van der Waals surface area contributed by atoms with Crippen LogP contribution < -0.4 is 0 Å². The van der Waals surface area contributed by atoms with Crippen LogP contribution in [-0.2, 0) is 5.75 Å². The van der Waals surface area contributed by atoms with Gasteiger partial charge in [-0.2, -0.15) is 0 Å². The van der Waals surface area contributed by atoms with Crippen molar-refractivity contribution in [2.45, 2.75) is 11.0 Å². The monoisotopic (exact) mass is 358 g/mol. The zero-order chi connectivity index (χ0) is 15.6. The van der Waals surface area contributed by atoms with Crippen molar-refractivity contribution in [3.8, 4) is 10.6 Å². The van der Waals surface area contributed by atoms with Crippen LogP contribution in [0.3, 0.4) is 0 Å². The molecule has 4 rings (SSSR count). The van der Waals surface area contributed by atoms with E-state index in [-0.39, 0.29) is 0 Å². The largest absolute Gasteiger partial charge is 0.431 e. The average Bonchev–Trinajstić information content (AvgIpc) is 3.19. The van der Waals surface area contributed by atoms with Crippen molar-refractivity contribution in [3.05, 3.63) is 64.6 Å². The van der Waals surface area contributed by atoms with Crippen molar-refractivity contribution in [1.82, 2.24) is 9.97 Å². The van der Waals surface area contributed by atoms with Crippen LogP contribution >= 0.6 is 34.7 Å². The normalized spacial score (nSPS) is 11.2. The van der Waals surface area contributed by atoms with E-state index in [0.29, 0.717) is 11.0 Å². The molecular formula is C17H11ClN2OS2. The number of rotatable bonds is 4. The molecule has 3 nitrogen and oxygen atoms in total. The van der Waals surface area contributed by atoms with E-state index in [1.807, 2.05) is 53.9 Å². The summed E-state index contributed by atoms with van der Waals surface area (Å²) in [4.78, 5) is 9.11. The highest BCUT2D eigenvalue weighted by Crippen LogP contribution is 2.32. The summed E-state index contributed by atoms with van der Waals surface area (Å²) in [6.45, 7) is 0. The van der Waals surface area contributed by atoms with E-state index in [1.54, 1.807) is 23.1 Å². The fraction of sp³-hybridized carbons (Fsp3) is 0.0588. The Hall–Kier alpha value is -1.82.